The maximum atomic E-state index is 12.5. The fourth-order valence-corrected chi connectivity index (χ4v) is 4.04. The first kappa shape index (κ1) is 22.9. The number of amides is 1. The van der Waals surface area contributed by atoms with Gasteiger partial charge in [0.05, 0.1) is 7.11 Å². The Bertz CT molecular complexity index is 725. The Balaban J connectivity index is 2.96. The van der Waals surface area contributed by atoms with Crippen molar-refractivity contribution in [3.05, 3.63) is 32.7 Å². The van der Waals surface area contributed by atoms with Crippen LogP contribution in [-0.4, -0.2) is 33.1 Å². The lowest BCUT2D eigenvalue weighted by atomic mass is 10.1. The summed E-state index contributed by atoms with van der Waals surface area (Å²) >= 11 is 6.71. The predicted molar refractivity (Wildman–Crippen MR) is 115 cm³/mol. The molecule has 26 heavy (non-hydrogen) atoms. The predicted octanol–water partition coefficient (Wildman–Crippen LogP) is 4.92. The number of hydrogen-bond donors (Lipinski definition) is 1. The van der Waals surface area contributed by atoms with Gasteiger partial charge in [0.25, 0.3) is 5.91 Å². The highest BCUT2D eigenvalue weighted by molar-refractivity contribution is 9.11. The summed E-state index contributed by atoms with van der Waals surface area (Å²) in [7, 11) is -0.470. The molecule has 1 rings (SSSR count). The molecule has 0 aliphatic heterocycles. The number of benzene rings is 1. The number of halogens is 2. The monoisotopic (exact) mass is 501 g/mol. The first-order valence-electron chi connectivity index (χ1n) is 8.22. The minimum Gasteiger partial charge on any atom is -0.467 e. The molecule has 1 aromatic carbocycles. The fourth-order valence-electron chi connectivity index (χ4n) is 1.82. The number of hydrogen-bond acceptors (Lipinski definition) is 3. The van der Waals surface area contributed by atoms with E-state index in [-0.39, 0.29) is 17.4 Å². The van der Waals surface area contributed by atoms with Gasteiger partial charge in [-0.05, 0) is 23.2 Å². The second-order valence-electron chi connectivity index (χ2n) is 7.59. The van der Waals surface area contributed by atoms with Crippen molar-refractivity contribution in [2.45, 2.75) is 51.4 Å². The molecule has 0 bridgehead atoms. The Morgan fingerprint density at radius 2 is 1.73 bits per heavy atom. The highest BCUT2D eigenvalue weighted by Gasteiger charge is 2.33. The minimum atomic E-state index is -1.77. The summed E-state index contributed by atoms with van der Waals surface area (Å²) in [4.78, 5) is 24.6. The van der Waals surface area contributed by atoms with Gasteiger partial charge in [0.1, 0.15) is 14.1 Å². The third-order valence-electron chi connectivity index (χ3n) is 4.50. The summed E-state index contributed by atoms with van der Waals surface area (Å²) in [6, 6.07) is 4.41. The van der Waals surface area contributed by atoms with Crippen molar-refractivity contribution in [1.29, 1.82) is 0 Å². The van der Waals surface area contributed by atoms with Gasteiger partial charge in [-0.2, -0.15) is 0 Å². The van der Waals surface area contributed by atoms with E-state index in [1.165, 1.54) is 7.11 Å². The number of methoxy groups -OCH3 is 1. The van der Waals surface area contributed by atoms with Gasteiger partial charge in [0, 0.05) is 20.9 Å². The molecule has 1 atom stereocenters. The summed E-state index contributed by atoms with van der Waals surface area (Å²) in [5.74, 6) is 2.25. The zero-order valence-corrected chi connectivity index (χ0v) is 20.2. The smallest absolute Gasteiger partial charge is 0.329 e. The van der Waals surface area contributed by atoms with E-state index in [0.29, 0.717) is 5.56 Å². The van der Waals surface area contributed by atoms with Crippen LogP contribution < -0.4 is 5.32 Å². The van der Waals surface area contributed by atoms with Crippen LogP contribution in [0.2, 0.25) is 18.1 Å². The average Bonchev–Trinajstić information content (AvgIpc) is 2.50. The van der Waals surface area contributed by atoms with Gasteiger partial charge >= 0.3 is 5.97 Å². The standard InChI is InChI=1S/C19H25Br2NO3Si/c1-19(2,3)26(5,6)9-7-8-16(18(24)25-4)22-17(23)13-10-14(20)12-15(21)11-13/h10-12,16H,8H2,1-6H3,(H,22,23)/t16-/m1/s1. The summed E-state index contributed by atoms with van der Waals surface area (Å²) in [5, 5.41) is 2.85. The first-order valence-corrected chi connectivity index (χ1v) is 12.8. The second-order valence-corrected chi connectivity index (χ2v) is 14.4. The number of carbonyl (C=O) groups excluding carboxylic acids is 2. The summed E-state index contributed by atoms with van der Waals surface area (Å²) in [5.41, 5.74) is 3.80. The van der Waals surface area contributed by atoms with Crippen molar-refractivity contribution >= 4 is 51.8 Å². The second kappa shape index (κ2) is 9.20. The fraction of sp³-hybridized carbons (Fsp3) is 0.474. The van der Waals surface area contributed by atoms with Crippen molar-refractivity contribution in [2.75, 3.05) is 7.11 Å². The highest BCUT2D eigenvalue weighted by atomic mass is 79.9. The van der Waals surface area contributed by atoms with Gasteiger partial charge in [-0.25, -0.2) is 4.79 Å². The molecule has 1 amide bonds. The van der Waals surface area contributed by atoms with Crippen LogP contribution in [0.3, 0.4) is 0 Å². The lowest BCUT2D eigenvalue weighted by Crippen LogP contribution is -2.41. The summed E-state index contributed by atoms with van der Waals surface area (Å²) in [6.07, 6.45) is 0.222. The molecule has 0 aromatic heterocycles. The molecule has 4 nitrogen and oxygen atoms in total. The molecule has 0 unspecified atom stereocenters. The third-order valence-corrected chi connectivity index (χ3v) is 9.97. The molecule has 0 radical (unpaired) electrons. The van der Waals surface area contributed by atoms with Crippen LogP contribution in [0, 0.1) is 11.5 Å². The third kappa shape index (κ3) is 6.56. The maximum Gasteiger partial charge on any atom is 0.329 e. The average molecular weight is 503 g/mol. The molecule has 0 saturated carbocycles. The zero-order chi connectivity index (χ0) is 20.1. The van der Waals surface area contributed by atoms with Crippen LogP contribution >= 0.6 is 31.9 Å². The Morgan fingerprint density at radius 1 is 1.19 bits per heavy atom. The van der Waals surface area contributed by atoms with Crippen LogP contribution in [0.4, 0.5) is 0 Å². The topological polar surface area (TPSA) is 55.4 Å². The molecular formula is C19H25Br2NO3Si. The van der Waals surface area contributed by atoms with E-state index in [9.17, 15) is 9.59 Å². The molecule has 0 heterocycles. The van der Waals surface area contributed by atoms with Gasteiger partial charge in [-0.3, -0.25) is 4.79 Å². The van der Waals surface area contributed by atoms with E-state index >= 15 is 0 Å². The minimum absolute atomic E-state index is 0.132. The van der Waals surface area contributed by atoms with E-state index in [1.54, 1.807) is 12.1 Å². The van der Waals surface area contributed by atoms with E-state index in [2.05, 4.69) is 82.5 Å². The van der Waals surface area contributed by atoms with E-state index < -0.39 is 20.1 Å². The first-order chi connectivity index (χ1) is 11.9. The van der Waals surface area contributed by atoms with E-state index in [0.717, 1.165) is 8.95 Å². The van der Waals surface area contributed by atoms with Gasteiger partial charge in [0.2, 0.25) is 0 Å². The SMILES string of the molecule is COC(=O)[C@@H](CC#C[Si](C)(C)C(C)(C)C)NC(=O)c1cc(Br)cc(Br)c1. The van der Waals surface area contributed by atoms with Crippen molar-refractivity contribution in [2.24, 2.45) is 0 Å². The molecule has 0 fully saturated rings. The molecule has 7 heteroatoms. The van der Waals surface area contributed by atoms with Crippen molar-refractivity contribution < 1.29 is 14.3 Å². The molecule has 1 aromatic rings. The van der Waals surface area contributed by atoms with E-state index in [1.807, 2.05) is 6.07 Å². The van der Waals surface area contributed by atoms with Gasteiger partial charge in [-0.1, -0.05) is 65.7 Å². The summed E-state index contributed by atoms with van der Waals surface area (Å²) in [6.45, 7) is 10.9. The van der Waals surface area contributed by atoms with Crippen LogP contribution in [-0.2, 0) is 9.53 Å². The number of rotatable bonds is 4. The Labute approximate surface area is 173 Å². The van der Waals surface area contributed by atoms with Crippen molar-refractivity contribution in [3.63, 3.8) is 0 Å². The number of esters is 1. The van der Waals surface area contributed by atoms with Gasteiger partial charge < -0.3 is 10.1 Å². The molecule has 0 aliphatic carbocycles. The molecule has 0 spiro atoms. The largest absolute Gasteiger partial charge is 0.467 e. The number of carbonyl (C=O) groups is 2. The van der Waals surface area contributed by atoms with Crippen LogP contribution in [0.1, 0.15) is 37.6 Å². The number of nitrogens with one attached hydrogen (secondary N) is 1. The van der Waals surface area contributed by atoms with E-state index in [4.69, 9.17) is 4.74 Å². The van der Waals surface area contributed by atoms with Gasteiger partial charge in [0.15, 0.2) is 0 Å². The van der Waals surface area contributed by atoms with Gasteiger partial charge in [-0.15, -0.1) is 11.5 Å². The quantitative estimate of drug-likeness (QED) is 0.361. The normalized spacial score (nSPS) is 12.6. The molecule has 0 aliphatic rings. The lowest BCUT2D eigenvalue weighted by molar-refractivity contribution is -0.142. The highest BCUT2D eigenvalue weighted by Crippen LogP contribution is 2.35. The Kier molecular flexibility index (Phi) is 8.12. The summed E-state index contributed by atoms with van der Waals surface area (Å²) < 4.78 is 6.35. The van der Waals surface area contributed by atoms with Crippen molar-refractivity contribution in [3.8, 4) is 11.5 Å². The molecule has 142 valence electrons. The molecule has 0 saturated heterocycles. The lowest BCUT2D eigenvalue weighted by Gasteiger charge is -2.31. The van der Waals surface area contributed by atoms with Crippen LogP contribution in [0.5, 0.6) is 0 Å². The maximum absolute atomic E-state index is 12.5. The Morgan fingerprint density at radius 3 is 2.19 bits per heavy atom. The zero-order valence-electron chi connectivity index (χ0n) is 16.0. The van der Waals surface area contributed by atoms with Crippen molar-refractivity contribution in [1.82, 2.24) is 5.32 Å². The van der Waals surface area contributed by atoms with Crippen LogP contribution in [0.25, 0.3) is 0 Å². The molecule has 1 N–H and O–H groups in total. The Hall–Kier alpha value is -1.10. The molecular weight excluding hydrogens is 478 g/mol. The van der Waals surface area contributed by atoms with Crippen LogP contribution in [0.15, 0.2) is 27.1 Å². The number of ether oxygens (including phenoxy) is 1.